The van der Waals surface area contributed by atoms with Crippen LogP contribution in [-0.4, -0.2) is 30.9 Å². The lowest BCUT2D eigenvalue weighted by Gasteiger charge is -2.26. The zero-order valence-corrected chi connectivity index (χ0v) is 14.6. The maximum atomic E-state index is 12.8. The molecule has 1 rings (SSSR count). The highest BCUT2D eigenvalue weighted by atomic mass is 35.5. The maximum absolute atomic E-state index is 12.8. The second-order valence-corrected chi connectivity index (χ2v) is 8.37. The second kappa shape index (κ2) is 7.58. The predicted octanol–water partition coefficient (Wildman–Crippen LogP) is 3.14. The zero-order valence-electron chi connectivity index (χ0n) is 13.0. The number of sulfonamides is 1. The molecule has 0 aromatic heterocycles. The molecule has 0 saturated carbocycles. The molecule has 0 atom stereocenters. The van der Waals surface area contributed by atoms with Gasteiger partial charge in [0.25, 0.3) is 0 Å². The summed E-state index contributed by atoms with van der Waals surface area (Å²) in [4.78, 5) is 0.178. The predicted molar refractivity (Wildman–Crippen MR) is 85.8 cm³/mol. The molecule has 120 valence electrons. The Morgan fingerprint density at radius 1 is 1.14 bits per heavy atom. The summed E-state index contributed by atoms with van der Waals surface area (Å²) in [6.07, 6.45) is 0. The summed E-state index contributed by atoms with van der Waals surface area (Å²) < 4.78 is 27.1. The minimum Gasteiger partial charge on any atom is -0.392 e. The van der Waals surface area contributed by atoms with E-state index >= 15 is 0 Å². The molecule has 0 heterocycles. The van der Waals surface area contributed by atoms with Crippen LogP contribution in [0.4, 0.5) is 0 Å². The molecule has 0 amide bonds. The minimum atomic E-state index is -3.58. The fraction of sp³-hybridized carbons (Fsp3) is 0.600. The van der Waals surface area contributed by atoms with Crippen LogP contribution < -0.4 is 0 Å². The van der Waals surface area contributed by atoms with Crippen LogP contribution in [-0.2, 0) is 16.6 Å². The second-order valence-electron chi connectivity index (χ2n) is 6.02. The first kappa shape index (κ1) is 18.4. The molecule has 21 heavy (non-hydrogen) atoms. The van der Waals surface area contributed by atoms with Crippen molar-refractivity contribution in [3.8, 4) is 0 Å². The van der Waals surface area contributed by atoms with E-state index in [-0.39, 0.29) is 23.3 Å². The molecule has 0 bridgehead atoms. The topological polar surface area (TPSA) is 57.6 Å². The van der Waals surface area contributed by atoms with Crippen LogP contribution in [0.2, 0.25) is 5.02 Å². The average molecular weight is 334 g/mol. The van der Waals surface area contributed by atoms with E-state index in [4.69, 9.17) is 11.6 Å². The summed E-state index contributed by atoms with van der Waals surface area (Å²) >= 11 is 5.93. The third-order valence-corrected chi connectivity index (χ3v) is 5.16. The third-order valence-electron chi connectivity index (χ3n) is 2.96. The third kappa shape index (κ3) is 4.95. The molecule has 1 aromatic rings. The normalized spacial score (nSPS) is 12.6. The molecular formula is C15H24ClNO3S. The van der Waals surface area contributed by atoms with E-state index < -0.39 is 10.0 Å². The van der Waals surface area contributed by atoms with E-state index in [0.717, 1.165) is 0 Å². The smallest absolute Gasteiger partial charge is 0.243 e. The number of aliphatic hydroxyl groups is 1. The zero-order chi connectivity index (χ0) is 16.2. The van der Waals surface area contributed by atoms with E-state index in [1.165, 1.54) is 22.5 Å². The van der Waals surface area contributed by atoms with Crippen LogP contribution in [0.1, 0.15) is 33.3 Å². The van der Waals surface area contributed by atoms with Crippen molar-refractivity contribution in [2.75, 3.05) is 13.1 Å². The Kier molecular flexibility index (Phi) is 6.66. The minimum absolute atomic E-state index is 0.178. The van der Waals surface area contributed by atoms with E-state index in [1.807, 2.05) is 27.7 Å². The summed E-state index contributed by atoms with van der Waals surface area (Å²) in [5, 5.41) is 9.62. The number of aliphatic hydroxyl groups excluding tert-OH is 1. The van der Waals surface area contributed by atoms with Crippen LogP contribution in [0.25, 0.3) is 0 Å². The number of hydrogen-bond donors (Lipinski definition) is 1. The van der Waals surface area contributed by atoms with Crippen molar-refractivity contribution >= 4 is 21.6 Å². The highest BCUT2D eigenvalue weighted by Gasteiger charge is 2.26. The lowest BCUT2D eigenvalue weighted by Crippen LogP contribution is -2.37. The molecule has 0 unspecified atom stereocenters. The van der Waals surface area contributed by atoms with Gasteiger partial charge in [0.1, 0.15) is 0 Å². The van der Waals surface area contributed by atoms with Crippen LogP contribution in [0.5, 0.6) is 0 Å². The van der Waals surface area contributed by atoms with Crippen molar-refractivity contribution in [3.63, 3.8) is 0 Å². The first-order valence-corrected chi connectivity index (χ1v) is 8.89. The van der Waals surface area contributed by atoms with Crippen molar-refractivity contribution in [1.29, 1.82) is 0 Å². The van der Waals surface area contributed by atoms with Crippen molar-refractivity contribution in [1.82, 2.24) is 4.31 Å². The molecule has 0 aliphatic rings. The molecule has 0 radical (unpaired) electrons. The van der Waals surface area contributed by atoms with E-state index in [2.05, 4.69) is 0 Å². The molecule has 1 aromatic carbocycles. The highest BCUT2D eigenvalue weighted by Crippen LogP contribution is 2.24. The lowest BCUT2D eigenvalue weighted by molar-refractivity contribution is 0.281. The summed E-state index contributed by atoms with van der Waals surface area (Å²) in [6, 6.07) is 4.46. The van der Waals surface area contributed by atoms with Crippen molar-refractivity contribution in [3.05, 3.63) is 28.8 Å². The Morgan fingerprint density at radius 2 is 1.67 bits per heavy atom. The summed E-state index contributed by atoms with van der Waals surface area (Å²) in [5.74, 6) is 0.478. The molecule has 0 fully saturated rings. The molecule has 1 N–H and O–H groups in total. The molecule has 0 spiro atoms. The lowest BCUT2D eigenvalue weighted by atomic mass is 10.2. The van der Waals surface area contributed by atoms with Gasteiger partial charge in [-0.25, -0.2) is 8.42 Å². The first-order chi connectivity index (χ1) is 9.68. The molecule has 6 heteroatoms. The molecular weight excluding hydrogens is 310 g/mol. The number of rotatable bonds is 7. The van der Waals surface area contributed by atoms with Gasteiger partial charge in [0.05, 0.1) is 11.5 Å². The van der Waals surface area contributed by atoms with E-state index in [1.54, 1.807) is 0 Å². The van der Waals surface area contributed by atoms with Gasteiger partial charge in [0.2, 0.25) is 10.0 Å². The largest absolute Gasteiger partial charge is 0.392 e. The Labute approximate surface area is 132 Å². The van der Waals surface area contributed by atoms with Crippen LogP contribution in [0, 0.1) is 11.8 Å². The van der Waals surface area contributed by atoms with Crippen LogP contribution in [0.15, 0.2) is 23.1 Å². The first-order valence-electron chi connectivity index (χ1n) is 7.08. The Balaban J connectivity index is 3.21. The van der Waals surface area contributed by atoms with Crippen LogP contribution >= 0.6 is 11.6 Å². The molecule has 0 aliphatic carbocycles. The van der Waals surface area contributed by atoms with Gasteiger partial charge in [-0.15, -0.1) is 0 Å². The molecule has 4 nitrogen and oxygen atoms in total. The summed E-state index contributed by atoms with van der Waals surface area (Å²) in [6.45, 7) is 8.62. The average Bonchev–Trinajstić information content (AvgIpc) is 2.37. The Morgan fingerprint density at radius 3 is 2.10 bits per heavy atom. The number of benzene rings is 1. The Hall–Kier alpha value is -0.620. The Bertz CT molecular complexity index is 560. The van der Waals surface area contributed by atoms with Crippen molar-refractivity contribution in [2.24, 2.45) is 11.8 Å². The van der Waals surface area contributed by atoms with Gasteiger partial charge in [-0.3, -0.25) is 0 Å². The van der Waals surface area contributed by atoms with Gasteiger partial charge in [-0.1, -0.05) is 39.3 Å². The quantitative estimate of drug-likeness (QED) is 0.834. The molecule has 0 saturated heterocycles. The summed E-state index contributed by atoms with van der Waals surface area (Å²) in [7, 11) is -3.58. The van der Waals surface area contributed by atoms with Crippen LogP contribution in [0.3, 0.4) is 0 Å². The number of halogens is 1. The number of hydrogen-bond acceptors (Lipinski definition) is 3. The van der Waals surface area contributed by atoms with Crippen molar-refractivity contribution < 1.29 is 13.5 Å². The highest BCUT2D eigenvalue weighted by molar-refractivity contribution is 7.89. The van der Waals surface area contributed by atoms with Gasteiger partial charge in [0.15, 0.2) is 0 Å². The molecule has 0 aliphatic heterocycles. The fourth-order valence-corrected chi connectivity index (χ4v) is 4.06. The van der Waals surface area contributed by atoms with Gasteiger partial charge in [-0.2, -0.15) is 4.31 Å². The van der Waals surface area contributed by atoms with E-state index in [0.29, 0.717) is 23.7 Å². The van der Waals surface area contributed by atoms with E-state index in [9.17, 15) is 13.5 Å². The monoisotopic (exact) mass is 333 g/mol. The fourth-order valence-electron chi connectivity index (χ4n) is 2.07. The van der Waals surface area contributed by atoms with Crippen molar-refractivity contribution in [2.45, 2.75) is 39.2 Å². The number of nitrogens with zero attached hydrogens (tertiary/aromatic N) is 1. The standard InChI is InChI=1S/C15H24ClNO3S/c1-11(2)8-17(9-12(3)4)21(19,20)14-5-6-15(16)13(7-14)10-18/h5-7,11-12,18H,8-10H2,1-4H3. The summed E-state index contributed by atoms with van der Waals surface area (Å²) in [5.41, 5.74) is 0.423. The maximum Gasteiger partial charge on any atom is 0.243 e. The van der Waals surface area contributed by atoms with Gasteiger partial charge in [0, 0.05) is 18.1 Å². The van der Waals surface area contributed by atoms with Gasteiger partial charge in [-0.05, 0) is 35.6 Å². The SMILES string of the molecule is CC(C)CN(CC(C)C)S(=O)(=O)c1ccc(Cl)c(CO)c1. The van der Waals surface area contributed by atoms with Gasteiger partial charge < -0.3 is 5.11 Å². The van der Waals surface area contributed by atoms with Gasteiger partial charge >= 0.3 is 0 Å².